The van der Waals surface area contributed by atoms with Crippen LogP contribution in [0.5, 0.6) is 0 Å². The second-order valence-corrected chi connectivity index (χ2v) is 5.21. The summed E-state index contributed by atoms with van der Waals surface area (Å²) >= 11 is 0. The third kappa shape index (κ3) is 4.60. The molecule has 1 atom stereocenters. The molecule has 0 unspecified atom stereocenters. The van der Waals surface area contributed by atoms with Gasteiger partial charge in [-0.25, -0.2) is 0 Å². The predicted octanol–water partition coefficient (Wildman–Crippen LogP) is 4.62. The fourth-order valence-corrected chi connectivity index (χ4v) is 2.03. The van der Waals surface area contributed by atoms with Crippen molar-refractivity contribution in [1.82, 2.24) is 0 Å². The topological polar surface area (TPSA) is 26.3 Å². The highest BCUT2D eigenvalue weighted by molar-refractivity contribution is 5.67. The van der Waals surface area contributed by atoms with Crippen LogP contribution in [0, 0.1) is 13.8 Å². The molecule has 0 aromatic heterocycles. The van der Waals surface area contributed by atoms with E-state index in [-0.39, 0.29) is 12.1 Å². The smallest absolute Gasteiger partial charge is 0.303 e. The van der Waals surface area contributed by atoms with Gasteiger partial charge in [0.25, 0.3) is 0 Å². The van der Waals surface area contributed by atoms with Crippen molar-refractivity contribution in [2.75, 3.05) is 0 Å². The van der Waals surface area contributed by atoms with Gasteiger partial charge in [0.05, 0.1) is 0 Å². The largest absolute Gasteiger partial charge is 0.453 e. The molecular weight excluding hydrogens is 260 g/mol. The zero-order chi connectivity index (χ0) is 15.2. The van der Waals surface area contributed by atoms with E-state index in [0.29, 0.717) is 0 Å². The lowest BCUT2D eigenvalue weighted by Gasteiger charge is -2.14. The van der Waals surface area contributed by atoms with Crippen LogP contribution in [0.1, 0.15) is 35.3 Å². The fraction of sp³-hybridized carbons (Fsp3) is 0.211. The third-order valence-electron chi connectivity index (χ3n) is 3.24. The number of ether oxygens (including phenoxy) is 1. The Balaban J connectivity index is 2.21. The Morgan fingerprint density at radius 3 is 2.00 bits per heavy atom. The van der Waals surface area contributed by atoms with Crippen molar-refractivity contribution in [3.8, 4) is 0 Å². The summed E-state index contributed by atoms with van der Waals surface area (Å²) in [5, 5.41) is 0. The average Bonchev–Trinajstić information content (AvgIpc) is 2.46. The molecule has 0 saturated carbocycles. The van der Waals surface area contributed by atoms with Gasteiger partial charge in [0.15, 0.2) is 0 Å². The Labute approximate surface area is 126 Å². The van der Waals surface area contributed by atoms with Crippen LogP contribution in [0.4, 0.5) is 0 Å². The van der Waals surface area contributed by atoms with E-state index in [9.17, 15) is 4.79 Å². The average molecular weight is 280 g/mol. The first-order valence-electron chi connectivity index (χ1n) is 7.03. The Hall–Kier alpha value is -2.35. The lowest BCUT2D eigenvalue weighted by atomic mass is 10.1. The molecular formula is C19H20O2. The highest BCUT2D eigenvalue weighted by Gasteiger charge is 2.10. The molecule has 0 aliphatic heterocycles. The summed E-state index contributed by atoms with van der Waals surface area (Å²) in [5.41, 5.74) is 4.47. The first-order chi connectivity index (χ1) is 10.0. The summed E-state index contributed by atoms with van der Waals surface area (Å²) < 4.78 is 5.40. The lowest BCUT2D eigenvalue weighted by Crippen LogP contribution is -2.06. The maximum absolute atomic E-state index is 11.3. The molecule has 0 heterocycles. The molecule has 21 heavy (non-hydrogen) atoms. The Bertz CT molecular complexity index is 622. The Kier molecular flexibility index (Phi) is 4.94. The minimum Gasteiger partial charge on any atom is -0.453 e. The summed E-state index contributed by atoms with van der Waals surface area (Å²) in [5.74, 6) is -0.283. The molecule has 0 saturated heterocycles. The van der Waals surface area contributed by atoms with E-state index in [1.54, 1.807) is 0 Å². The number of benzene rings is 2. The van der Waals surface area contributed by atoms with E-state index in [2.05, 4.69) is 19.1 Å². The van der Waals surface area contributed by atoms with Gasteiger partial charge in [-0.2, -0.15) is 0 Å². The van der Waals surface area contributed by atoms with Crippen molar-refractivity contribution >= 4 is 12.0 Å². The second-order valence-electron chi connectivity index (χ2n) is 5.21. The van der Waals surface area contributed by atoms with Crippen LogP contribution in [-0.2, 0) is 9.53 Å². The molecule has 0 bridgehead atoms. The van der Waals surface area contributed by atoms with Crippen molar-refractivity contribution in [2.45, 2.75) is 26.9 Å². The highest BCUT2D eigenvalue weighted by Crippen LogP contribution is 2.21. The van der Waals surface area contributed by atoms with Crippen LogP contribution in [0.3, 0.4) is 0 Å². The van der Waals surface area contributed by atoms with Crippen LogP contribution in [0.2, 0.25) is 0 Å². The van der Waals surface area contributed by atoms with Crippen LogP contribution in [0.25, 0.3) is 6.08 Å². The van der Waals surface area contributed by atoms with E-state index >= 15 is 0 Å². The molecule has 2 heteroatoms. The number of hydrogen-bond donors (Lipinski definition) is 0. The Morgan fingerprint density at radius 2 is 1.48 bits per heavy atom. The quantitative estimate of drug-likeness (QED) is 0.764. The maximum atomic E-state index is 11.3. The van der Waals surface area contributed by atoms with E-state index in [4.69, 9.17) is 4.74 Å². The molecule has 2 rings (SSSR count). The molecule has 0 N–H and O–H groups in total. The van der Waals surface area contributed by atoms with Crippen LogP contribution >= 0.6 is 0 Å². The molecule has 0 amide bonds. The normalized spacial score (nSPS) is 12.3. The summed E-state index contributed by atoms with van der Waals surface area (Å²) in [4.78, 5) is 11.3. The number of aryl methyl sites for hydroxylation is 2. The zero-order valence-electron chi connectivity index (χ0n) is 12.7. The number of esters is 1. The molecule has 0 aliphatic carbocycles. The van der Waals surface area contributed by atoms with E-state index in [1.807, 2.05) is 55.5 Å². The third-order valence-corrected chi connectivity index (χ3v) is 3.24. The van der Waals surface area contributed by atoms with Crippen LogP contribution in [-0.4, -0.2) is 5.97 Å². The molecule has 2 aromatic rings. The molecule has 0 spiro atoms. The zero-order valence-corrected chi connectivity index (χ0v) is 12.7. The maximum Gasteiger partial charge on any atom is 0.303 e. The van der Waals surface area contributed by atoms with Gasteiger partial charge in [-0.3, -0.25) is 4.79 Å². The molecule has 2 aromatic carbocycles. The summed E-state index contributed by atoms with van der Waals surface area (Å²) in [6, 6.07) is 16.2. The molecule has 0 aliphatic rings. The first-order valence-corrected chi connectivity index (χ1v) is 7.03. The SMILES string of the molecule is CC(=O)O[C@H](/C=C/c1ccc(C)cc1)c1ccc(C)cc1. The van der Waals surface area contributed by atoms with Gasteiger partial charge in [-0.05, 0) is 31.1 Å². The standard InChI is InChI=1S/C19H20O2/c1-14-4-8-17(9-5-14)10-13-19(21-16(3)20)18-11-6-15(2)7-12-18/h4-13,19H,1-3H3/b13-10+/t19-/m1/s1. The predicted molar refractivity (Wildman–Crippen MR) is 85.9 cm³/mol. The second kappa shape index (κ2) is 6.89. The van der Waals surface area contributed by atoms with Crippen molar-refractivity contribution in [2.24, 2.45) is 0 Å². The van der Waals surface area contributed by atoms with E-state index in [1.165, 1.54) is 18.1 Å². The summed E-state index contributed by atoms with van der Waals surface area (Å²) in [6.07, 6.45) is 3.54. The van der Waals surface area contributed by atoms with Crippen molar-refractivity contribution in [3.05, 3.63) is 76.9 Å². The minimum absolute atomic E-state index is 0.283. The van der Waals surface area contributed by atoms with E-state index < -0.39 is 0 Å². The fourth-order valence-electron chi connectivity index (χ4n) is 2.03. The van der Waals surface area contributed by atoms with Crippen molar-refractivity contribution in [1.29, 1.82) is 0 Å². The van der Waals surface area contributed by atoms with Gasteiger partial charge in [0.1, 0.15) is 6.10 Å². The van der Waals surface area contributed by atoms with E-state index in [0.717, 1.165) is 11.1 Å². The van der Waals surface area contributed by atoms with Crippen molar-refractivity contribution in [3.63, 3.8) is 0 Å². The van der Waals surface area contributed by atoms with Crippen LogP contribution < -0.4 is 0 Å². The minimum atomic E-state index is -0.357. The van der Waals surface area contributed by atoms with Gasteiger partial charge in [-0.15, -0.1) is 0 Å². The van der Waals surface area contributed by atoms with Gasteiger partial charge in [0, 0.05) is 6.92 Å². The van der Waals surface area contributed by atoms with Gasteiger partial charge >= 0.3 is 5.97 Å². The highest BCUT2D eigenvalue weighted by atomic mass is 16.5. The number of hydrogen-bond acceptors (Lipinski definition) is 2. The van der Waals surface area contributed by atoms with Crippen LogP contribution in [0.15, 0.2) is 54.6 Å². The number of rotatable bonds is 4. The van der Waals surface area contributed by atoms with Gasteiger partial charge in [0.2, 0.25) is 0 Å². The molecule has 0 fully saturated rings. The number of carbonyl (C=O) groups is 1. The molecule has 2 nitrogen and oxygen atoms in total. The molecule has 0 radical (unpaired) electrons. The summed E-state index contributed by atoms with van der Waals surface area (Å²) in [7, 11) is 0. The Morgan fingerprint density at radius 1 is 0.952 bits per heavy atom. The monoisotopic (exact) mass is 280 g/mol. The first kappa shape index (κ1) is 15.0. The summed E-state index contributed by atoms with van der Waals surface area (Å²) in [6.45, 7) is 5.52. The number of carbonyl (C=O) groups excluding carboxylic acids is 1. The molecule has 108 valence electrons. The van der Waals surface area contributed by atoms with Gasteiger partial charge in [-0.1, -0.05) is 65.7 Å². The lowest BCUT2D eigenvalue weighted by molar-refractivity contribution is -0.144. The van der Waals surface area contributed by atoms with Gasteiger partial charge < -0.3 is 4.74 Å². The van der Waals surface area contributed by atoms with Crippen molar-refractivity contribution < 1.29 is 9.53 Å².